The zero-order chi connectivity index (χ0) is 12.4. The maximum absolute atomic E-state index is 12.1. The minimum Gasteiger partial charge on any atom is -0.360 e. The van der Waals surface area contributed by atoms with Crippen LogP contribution in [0.25, 0.3) is 10.9 Å². The molecule has 2 N–H and O–H groups in total. The first-order chi connectivity index (χ1) is 8.09. The quantitative estimate of drug-likeness (QED) is 0.824. The van der Waals surface area contributed by atoms with Crippen LogP contribution in [0.4, 0.5) is 0 Å². The van der Waals surface area contributed by atoms with Gasteiger partial charge in [0.15, 0.2) is 0 Å². The maximum atomic E-state index is 12.1. The number of benzene rings is 1. The number of amides is 1. The molecule has 17 heavy (non-hydrogen) atoms. The summed E-state index contributed by atoms with van der Waals surface area (Å²) in [6, 6.07) is 7.14. The van der Waals surface area contributed by atoms with E-state index >= 15 is 0 Å². The number of hydrogen-bond acceptors (Lipinski definition) is 2. The van der Waals surface area contributed by atoms with Crippen LogP contribution in [0.5, 0.6) is 0 Å². The summed E-state index contributed by atoms with van der Waals surface area (Å²) in [6.07, 6.45) is 1.46. The molecule has 0 aliphatic carbocycles. The van der Waals surface area contributed by atoms with E-state index in [-0.39, 0.29) is 22.9 Å². The smallest absolute Gasteiger partial charge is 0.256 e. The highest BCUT2D eigenvalue weighted by Gasteiger charge is 2.12. The first-order valence-electron chi connectivity index (χ1n) is 5.51. The number of nitrogens with one attached hydrogen (secondary N) is 2. The molecule has 0 bridgehead atoms. The molecule has 0 aliphatic heterocycles. The van der Waals surface area contributed by atoms with Gasteiger partial charge in [0, 0.05) is 23.1 Å². The third kappa shape index (κ3) is 2.20. The molecule has 0 saturated heterocycles. The average molecular weight is 230 g/mol. The normalized spacial score (nSPS) is 10.8. The Labute approximate surface area is 98.7 Å². The molecule has 0 saturated carbocycles. The number of aromatic nitrogens is 1. The van der Waals surface area contributed by atoms with E-state index in [1.165, 1.54) is 6.20 Å². The fourth-order valence-electron chi connectivity index (χ4n) is 1.68. The summed E-state index contributed by atoms with van der Waals surface area (Å²) < 4.78 is 0. The number of carbonyl (C=O) groups is 1. The van der Waals surface area contributed by atoms with Gasteiger partial charge in [-0.05, 0) is 26.0 Å². The molecule has 0 fully saturated rings. The van der Waals surface area contributed by atoms with E-state index in [9.17, 15) is 9.59 Å². The van der Waals surface area contributed by atoms with Gasteiger partial charge in [0.1, 0.15) is 5.56 Å². The lowest BCUT2D eigenvalue weighted by Crippen LogP contribution is -2.33. The van der Waals surface area contributed by atoms with Crippen LogP contribution >= 0.6 is 0 Å². The average Bonchev–Trinajstić information content (AvgIpc) is 2.28. The van der Waals surface area contributed by atoms with Gasteiger partial charge in [-0.3, -0.25) is 9.59 Å². The van der Waals surface area contributed by atoms with E-state index in [0.29, 0.717) is 5.39 Å². The summed E-state index contributed by atoms with van der Waals surface area (Å²) in [5.74, 6) is -0.341. The molecule has 0 atom stereocenters. The second-order valence-electron chi connectivity index (χ2n) is 4.21. The second-order valence-corrected chi connectivity index (χ2v) is 4.21. The van der Waals surface area contributed by atoms with Gasteiger partial charge >= 0.3 is 0 Å². The van der Waals surface area contributed by atoms with Gasteiger partial charge in [0.25, 0.3) is 5.91 Å². The summed E-state index contributed by atoms with van der Waals surface area (Å²) in [5.41, 5.74) is 0.647. The zero-order valence-corrected chi connectivity index (χ0v) is 9.78. The SMILES string of the molecule is CC(C)NC(=O)c1c[nH]c2ccccc2c1=O. The van der Waals surface area contributed by atoms with Crippen molar-refractivity contribution in [3.05, 3.63) is 46.2 Å². The molecule has 1 aromatic heterocycles. The number of pyridine rings is 1. The lowest BCUT2D eigenvalue weighted by Gasteiger charge is -2.08. The van der Waals surface area contributed by atoms with Gasteiger partial charge in [0.2, 0.25) is 5.43 Å². The van der Waals surface area contributed by atoms with Gasteiger partial charge in [-0.25, -0.2) is 0 Å². The molecule has 0 spiro atoms. The third-order valence-corrected chi connectivity index (χ3v) is 2.45. The predicted octanol–water partition coefficient (Wildman–Crippen LogP) is 1.67. The van der Waals surface area contributed by atoms with Crippen LogP contribution in [-0.4, -0.2) is 16.9 Å². The fourth-order valence-corrected chi connectivity index (χ4v) is 1.68. The Bertz CT molecular complexity index is 614. The number of carbonyl (C=O) groups excluding carboxylic acids is 1. The Morgan fingerprint density at radius 2 is 2.00 bits per heavy atom. The number of para-hydroxylation sites is 1. The minimum atomic E-state index is -0.341. The molecule has 1 amide bonds. The summed E-state index contributed by atoms with van der Waals surface area (Å²) >= 11 is 0. The minimum absolute atomic E-state index is 0.00775. The van der Waals surface area contributed by atoms with E-state index in [4.69, 9.17) is 0 Å². The number of fused-ring (bicyclic) bond motifs is 1. The van der Waals surface area contributed by atoms with Crippen molar-refractivity contribution in [2.24, 2.45) is 0 Å². The summed E-state index contributed by atoms with van der Waals surface area (Å²) in [5, 5.41) is 3.24. The Morgan fingerprint density at radius 1 is 1.29 bits per heavy atom. The van der Waals surface area contributed by atoms with Crippen molar-refractivity contribution in [2.45, 2.75) is 19.9 Å². The van der Waals surface area contributed by atoms with E-state index in [2.05, 4.69) is 10.3 Å². The van der Waals surface area contributed by atoms with Crippen LogP contribution in [-0.2, 0) is 0 Å². The van der Waals surface area contributed by atoms with Crippen molar-refractivity contribution in [1.82, 2.24) is 10.3 Å². The summed E-state index contributed by atoms with van der Waals surface area (Å²) in [6.45, 7) is 3.71. The molecular formula is C13H14N2O2. The van der Waals surface area contributed by atoms with Gasteiger partial charge in [-0.15, -0.1) is 0 Å². The predicted molar refractivity (Wildman–Crippen MR) is 67.2 cm³/mol. The lowest BCUT2D eigenvalue weighted by atomic mass is 10.1. The molecule has 4 nitrogen and oxygen atoms in total. The van der Waals surface area contributed by atoms with Crippen LogP contribution < -0.4 is 10.7 Å². The summed E-state index contributed by atoms with van der Waals surface area (Å²) in [4.78, 5) is 26.8. The summed E-state index contributed by atoms with van der Waals surface area (Å²) in [7, 11) is 0. The van der Waals surface area contributed by atoms with Crippen molar-refractivity contribution < 1.29 is 4.79 Å². The van der Waals surface area contributed by atoms with Gasteiger partial charge < -0.3 is 10.3 Å². The van der Waals surface area contributed by atoms with Crippen molar-refractivity contribution in [1.29, 1.82) is 0 Å². The van der Waals surface area contributed by atoms with Gasteiger partial charge in [0.05, 0.1) is 0 Å². The topological polar surface area (TPSA) is 62.0 Å². The number of H-pyrrole nitrogens is 1. The molecule has 4 heteroatoms. The first kappa shape index (κ1) is 11.4. The van der Waals surface area contributed by atoms with Crippen LogP contribution in [0, 0.1) is 0 Å². The zero-order valence-electron chi connectivity index (χ0n) is 9.78. The van der Waals surface area contributed by atoms with Crippen LogP contribution in [0.2, 0.25) is 0 Å². The van der Waals surface area contributed by atoms with Crippen LogP contribution in [0.15, 0.2) is 35.3 Å². The third-order valence-electron chi connectivity index (χ3n) is 2.45. The lowest BCUT2D eigenvalue weighted by molar-refractivity contribution is 0.0942. The Balaban J connectivity index is 2.53. The molecule has 2 rings (SSSR count). The van der Waals surface area contributed by atoms with E-state index in [0.717, 1.165) is 5.52 Å². The fraction of sp³-hybridized carbons (Fsp3) is 0.231. The first-order valence-corrected chi connectivity index (χ1v) is 5.51. The Hall–Kier alpha value is -2.10. The van der Waals surface area contributed by atoms with Crippen LogP contribution in [0.1, 0.15) is 24.2 Å². The molecule has 1 aromatic carbocycles. The number of aromatic amines is 1. The second kappa shape index (κ2) is 4.41. The van der Waals surface area contributed by atoms with Crippen molar-refractivity contribution in [3.8, 4) is 0 Å². The largest absolute Gasteiger partial charge is 0.360 e. The highest BCUT2D eigenvalue weighted by atomic mass is 16.2. The molecular weight excluding hydrogens is 216 g/mol. The van der Waals surface area contributed by atoms with E-state index < -0.39 is 0 Å². The highest BCUT2D eigenvalue weighted by Crippen LogP contribution is 2.06. The maximum Gasteiger partial charge on any atom is 0.256 e. The monoisotopic (exact) mass is 230 g/mol. The van der Waals surface area contributed by atoms with Crippen molar-refractivity contribution in [3.63, 3.8) is 0 Å². The Kier molecular flexibility index (Phi) is 2.95. The number of hydrogen-bond donors (Lipinski definition) is 2. The van der Waals surface area contributed by atoms with E-state index in [1.54, 1.807) is 18.2 Å². The van der Waals surface area contributed by atoms with Crippen molar-refractivity contribution in [2.75, 3.05) is 0 Å². The Morgan fingerprint density at radius 3 is 2.71 bits per heavy atom. The molecule has 0 radical (unpaired) electrons. The molecule has 0 aliphatic rings. The molecule has 1 heterocycles. The van der Waals surface area contributed by atoms with Gasteiger partial charge in [-0.1, -0.05) is 12.1 Å². The van der Waals surface area contributed by atoms with E-state index in [1.807, 2.05) is 19.9 Å². The molecule has 0 unspecified atom stereocenters. The molecule has 2 aromatic rings. The van der Waals surface area contributed by atoms with Crippen molar-refractivity contribution >= 4 is 16.8 Å². The van der Waals surface area contributed by atoms with Crippen LogP contribution in [0.3, 0.4) is 0 Å². The number of rotatable bonds is 2. The molecule has 88 valence electrons. The van der Waals surface area contributed by atoms with Gasteiger partial charge in [-0.2, -0.15) is 0 Å². The standard InChI is InChI=1S/C13H14N2O2/c1-8(2)15-13(17)10-7-14-11-6-4-3-5-9(11)12(10)16/h3-8H,1-2H3,(H,14,16)(H,15,17). The highest BCUT2D eigenvalue weighted by molar-refractivity contribution is 5.97.